The van der Waals surface area contributed by atoms with E-state index in [1.54, 1.807) is 22.6 Å². The van der Waals surface area contributed by atoms with Gasteiger partial charge in [-0.05, 0) is 19.4 Å². The molecule has 0 fully saturated rings. The van der Waals surface area contributed by atoms with E-state index in [1.165, 1.54) is 6.07 Å². The molecule has 32 heavy (non-hydrogen) atoms. The van der Waals surface area contributed by atoms with Crippen molar-refractivity contribution in [3.63, 3.8) is 0 Å². The van der Waals surface area contributed by atoms with Gasteiger partial charge in [-0.1, -0.05) is 18.7 Å². The van der Waals surface area contributed by atoms with Crippen LogP contribution in [0.5, 0.6) is 0 Å². The van der Waals surface area contributed by atoms with Crippen molar-refractivity contribution in [1.29, 1.82) is 0 Å². The zero-order chi connectivity index (χ0) is 22.9. The van der Waals surface area contributed by atoms with Crippen LogP contribution in [-0.4, -0.2) is 62.6 Å². The summed E-state index contributed by atoms with van der Waals surface area (Å²) in [6.45, 7) is 6.43. The summed E-state index contributed by atoms with van der Waals surface area (Å²) in [5.41, 5.74) is 0.653. The number of rotatable bonds is 13. The Bertz CT molecular complexity index is 1070. The van der Waals surface area contributed by atoms with E-state index in [0.717, 1.165) is 23.6 Å². The zero-order valence-corrected chi connectivity index (χ0v) is 18.7. The van der Waals surface area contributed by atoms with Crippen LogP contribution >= 0.6 is 11.8 Å². The van der Waals surface area contributed by atoms with Crippen LogP contribution in [0.3, 0.4) is 0 Å². The monoisotopic (exact) mass is 463 g/mol. The molecule has 0 atom stereocenters. The Morgan fingerprint density at radius 3 is 2.88 bits per heavy atom. The molecular formula is C19H25N7O5S. The Balaban J connectivity index is 1.69. The van der Waals surface area contributed by atoms with E-state index in [-0.39, 0.29) is 12.3 Å². The molecule has 172 valence electrons. The molecule has 0 aromatic carbocycles. The fourth-order valence-electron chi connectivity index (χ4n) is 2.79. The van der Waals surface area contributed by atoms with E-state index in [9.17, 15) is 14.9 Å². The summed E-state index contributed by atoms with van der Waals surface area (Å²) in [4.78, 5) is 31.4. The SMILES string of the molecule is CCCSc1nc(NCCOCC)c2cnn(CCNC(=O)c3ccc([N+](=O)[O-])o3)c2n1. The number of nitrogens with zero attached hydrogens (tertiary/aromatic N) is 5. The highest BCUT2D eigenvalue weighted by molar-refractivity contribution is 7.99. The molecule has 0 spiro atoms. The van der Waals surface area contributed by atoms with Crippen LogP contribution in [-0.2, 0) is 11.3 Å². The number of ether oxygens (including phenoxy) is 1. The van der Waals surface area contributed by atoms with Crippen molar-refractivity contribution >= 4 is 40.4 Å². The number of hydrogen-bond donors (Lipinski definition) is 2. The first-order valence-electron chi connectivity index (χ1n) is 10.2. The molecule has 2 N–H and O–H groups in total. The van der Waals surface area contributed by atoms with Crippen molar-refractivity contribution in [2.24, 2.45) is 0 Å². The number of anilines is 1. The number of nitro groups is 1. The van der Waals surface area contributed by atoms with Gasteiger partial charge in [0.05, 0.1) is 30.8 Å². The zero-order valence-electron chi connectivity index (χ0n) is 17.9. The Labute approximate surface area is 188 Å². The Morgan fingerprint density at radius 2 is 2.16 bits per heavy atom. The summed E-state index contributed by atoms with van der Waals surface area (Å²) in [5, 5.41) is 22.4. The van der Waals surface area contributed by atoms with Crippen LogP contribution < -0.4 is 10.6 Å². The highest BCUT2D eigenvalue weighted by Gasteiger charge is 2.17. The van der Waals surface area contributed by atoms with Crippen molar-refractivity contribution in [2.45, 2.75) is 32.0 Å². The molecule has 0 aliphatic heterocycles. The predicted molar refractivity (Wildman–Crippen MR) is 119 cm³/mol. The number of hydrogen-bond acceptors (Lipinski definition) is 10. The molecule has 0 saturated carbocycles. The third-order valence-corrected chi connectivity index (χ3v) is 5.31. The summed E-state index contributed by atoms with van der Waals surface area (Å²) in [5.74, 6) is 0.437. The van der Waals surface area contributed by atoms with Crippen LogP contribution in [0.2, 0.25) is 0 Å². The lowest BCUT2D eigenvalue weighted by molar-refractivity contribution is -0.402. The maximum atomic E-state index is 12.2. The van der Waals surface area contributed by atoms with E-state index in [0.29, 0.717) is 42.9 Å². The third kappa shape index (κ3) is 5.95. The fraction of sp³-hybridized carbons (Fsp3) is 0.474. The van der Waals surface area contributed by atoms with Crippen LogP contribution in [0.4, 0.5) is 11.7 Å². The highest BCUT2D eigenvalue weighted by Crippen LogP contribution is 2.24. The first kappa shape index (κ1) is 23.5. The number of aromatic nitrogens is 4. The molecule has 3 rings (SSSR count). The van der Waals surface area contributed by atoms with Crippen molar-refractivity contribution in [1.82, 2.24) is 25.1 Å². The quantitative estimate of drug-likeness (QED) is 0.127. The first-order valence-corrected chi connectivity index (χ1v) is 11.2. The van der Waals surface area contributed by atoms with E-state index in [4.69, 9.17) is 9.15 Å². The molecule has 0 unspecified atom stereocenters. The van der Waals surface area contributed by atoms with E-state index in [2.05, 4.69) is 32.6 Å². The van der Waals surface area contributed by atoms with Gasteiger partial charge >= 0.3 is 5.88 Å². The molecule has 0 saturated heterocycles. The molecule has 0 aliphatic rings. The largest absolute Gasteiger partial charge is 0.433 e. The Morgan fingerprint density at radius 1 is 1.31 bits per heavy atom. The molecule has 0 bridgehead atoms. The number of fused-ring (bicyclic) bond motifs is 1. The predicted octanol–water partition coefficient (Wildman–Crippen LogP) is 2.71. The fourth-order valence-corrected chi connectivity index (χ4v) is 3.48. The lowest BCUT2D eigenvalue weighted by atomic mass is 10.4. The Hall–Kier alpha value is -3.19. The van der Waals surface area contributed by atoms with Gasteiger partial charge in [0.15, 0.2) is 16.6 Å². The minimum Gasteiger partial charge on any atom is -0.395 e. The van der Waals surface area contributed by atoms with Crippen LogP contribution in [0.25, 0.3) is 11.0 Å². The summed E-state index contributed by atoms with van der Waals surface area (Å²) >= 11 is 1.56. The van der Waals surface area contributed by atoms with E-state index < -0.39 is 16.7 Å². The number of thioether (sulfide) groups is 1. The number of carbonyl (C=O) groups excluding carboxylic acids is 1. The number of nitrogens with one attached hydrogen (secondary N) is 2. The molecule has 3 aromatic rings. The molecule has 0 radical (unpaired) electrons. The van der Waals surface area contributed by atoms with Gasteiger partial charge in [-0.15, -0.1) is 0 Å². The smallest absolute Gasteiger partial charge is 0.395 e. The number of furan rings is 1. The number of amides is 1. The maximum absolute atomic E-state index is 12.2. The van der Waals surface area contributed by atoms with Gasteiger partial charge in [0.1, 0.15) is 10.7 Å². The molecular weight excluding hydrogens is 438 g/mol. The van der Waals surface area contributed by atoms with Crippen molar-refractivity contribution in [2.75, 3.05) is 37.4 Å². The average Bonchev–Trinajstić information content (AvgIpc) is 3.43. The van der Waals surface area contributed by atoms with Crippen molar-refractivity contribution < 1.29 is 18.9 Å². The second-order valence-corrected chi connectivity index (χ2v) is 7.64. The third-order valence-electron chi connectivity index (χ3n) is 4.26. The van der Waals surface area contributed by atoms with Crippen molar-refractivity contribution in [3.05, 3.63) is 34.2 Å². The normalized spacial score (nSPS) is 11.1. The summed E-state index contributed by atoms with van der Waals surface area (Å²) < 4.78 is 12.0. The van der Waals surface area contributed by atoms with Gasteiger partial charge in [0.25, 0.3) is 5.91 Å². The lowest BCUT2D eigenvalue weighted by Gasteiger charge is -2.10. The van der Waals surface area contributed by atoms with Gasteiger partial charge in [0, 0.05) is 25.4 Å². The van der Waals surface area contributed by atoms with Crippen LogP contribution in [0.15, 0.2) is 27.9 Å². The van der Waals surface area contributed by atoms with Gasteiger partial charge in [0.2, 0.25) is 0 Å². The van der Waals surface area contributed by atoms with Gasteiger partial charge in [-0.25, -0.2) is 14.6 Å². The second-order valence-electron chi connectivity index (χ2n) is 6.58. The molecule has 0 aliphatic carbocycles. The van der Waals surface area contributed by atoms with Crippen LogP contribution in [0.1, 0.15) is 30.8 Å². The lowest BCUT2D eigenvalue weighted by Crippen LogP contribution is -2.27. The molecule has 3 heterocycles. The summed E-state index contributed by atoms with van der Waals surface area (Å²) in [7, 11) is 0. The van der Waals surface area contributed by atoms with Gasteiger partial charge in [-0.3, -0.25) is 14.9 Å². The summed E-state index contributed by atoms with van der Waals surface area (Å²) in [6, 6.07) is 2.41. The van der Waals surface area contributed by atoms with Crippen LogP contribution in [0, 0.1) is 10.1 Å². The molecule has 13 heteroatoms. The topological polar surface area (TPSA) is 150 Å². The standard InChI is InChI=1S/C19H25N7O5S/c1-3-11-32-19-23-16(20-8-10-30-4-2)13-12-22-25(17(13)24-19)9-7-21-18(27)14-5-6-15(31-14)26(28)29/h5-6,12H,3-4,7-11H2,1-2H3,(H,21,27)(H,20,23,24). The van der Waals surface area contributed by atoms with Crippen molar-refractivity contribution in [3.8, 4) is 0 Å². The van der Waals surface area contributed by atoms with E-state index in [1.807, 2.05) is 6.92 Å². The minimum absolute atomic E-state index is 0.122. The molecule has 3 aromatic heterocycles. The minimum atomic E-state index is -0.694. The highest BCUT2D eigenvalue weighted by atomic mass is 32.2. The molecule has 12 nitrogen and oxygen atoms in total. The average molecular weight is 464 g/mol. The van der Waals surface area contributed by atoms with E-state index >= 15 is 0 Å². The molecule has 1 amide bonds. The van der Waals surface area contributed by atoms with Gasteiger partial charge in [-0.2, -0.15) is 5.10 Å². The number of carbonyl (C=O) groups is 1. The first-order chi connectivity index (χ1) is 15.5. The maximum Gasteiger partial charge on any atom is 0.433 e. The van der Waals surface area contributed by atoms with Gasteiger partial charge < -0.3 is 19.8 Å². The second kappa shape index (κ2) is 11.4. The Kier molecular flexibility index (Phi) is 8.39. The summed E-state index contributed by atoms with van der Waals surface area (Å²) in [6.07, 6.45) is 2.68.